The summed E-state index contributed by atoms with van der Waals surface area (Å²) in [5, 5.41) is 16.0. The van der Waals surface area contributed by atoms with E-state index in [1.165, 1.54) is 18.2 Å². The van der Waals surface area contributed by atoms with Crippen molar-refractivity contribution in [3.63, 3.8) is 0 Å². The van der Waals surface area contributed by atoms with Crippen LogP contribution in [0.3, 0.4) is 0 Å². The highest BCUT2D eigenvalue weighted by molar-refractivity contribution is 7.92. The van der Waals surface area contributed by atoms with Gasteiger partial charge in [0.15, 0.2) is 21.7 Å². The van der Waals surface area contributed by atoms with Crippen LogP contribution in [0.4, 0.5) is 31.2 Å². The molecule has 1 saturated carbocycles. The number of carbonyl (C=O) groups is 4. The second-order valence-electron chi connectivity index (χ2n) is 18.4. The number of sulfone groups is 1. The highest BCUT2D eigenvalue weighted by atomic mass is 32.2. The van der Waals surface area contributed by atoms with Gasteiger partial charge >= 0.3 is 18.2 Å². The van der Waals surface area contributed by atoms with Gasteiger partial charge < -0.3 is 34.9 Å². The number of benzene rings is 4. The number of rotatable bonds is 16. The zero-order valence-corrected chi connectivity index (χ0v) is 39.1. The van der Waals surface area contributed by atoms with Crippen LogP contribution in [-0.2, 0) is 48.5 Å². The summed E-state index contributed by atoms with van der Waals surface area (Å²) >= 11 is 0. The Morgan fingerprint density at radius 3 is 2.09 bits per heavy atom. The lowest BCUT2D eigenvalue weighted by molar-refractivity contribution is -0.138. The molecule has 4 aromatic carbocycles. The van der Waals surface area contributed by atoms with E-state index in [0.717, 1.165) is 11.8 Å². The van der Waals surface area contributed by atoms with Crippen molar-refractivity contribution in [1.82, 2.24) is 9.88 Å². The minimum absolute atomic E-state index is 0.0363. The number of imide groups is 1. The molecule has 6 rings (SSSR count). The molecular formula is C49H56FN5O10S. The number of nitrogens with zero attached hydrogens (tertiary/aromatic N) is 3. The van der Waals surface area contributed by atoms with Gasteiger partial charge in [-0.3, -0.25) is 4.79 Å². The highest BCUT2D eigenvalue weighted by Crippen LogP contribution is 2.37. The fourth-order valence-electron chi connectivity index (χ4n) is 7.06. The van der Waals surface area contributed by atoms with Crippen LogP contribution in [0.15, 0.2) is 96.0 Å². The Bertz CT molecular complexity index is 2700. The molecule has 1 aliphatic carbocycles. The van der Waals surface area contributed by atoms with E-state index in [4.69, 9.17) is 14.2 Å². The zero-order chi connectivity index (χ0) is 48.1. The summed E-state index contributed by atoms with van der Waals surface area (Å²) < 4.78 is 59.2. The number of fused-ring (bicyclic) bond motifs is 1. The second kappa shape index (κ2) is 19.9. The number of carboxylic acid groups (broad SMARTS) is 1. The zero-order valence-electron chi connectivity index (χ0n) is 38.3. The van der Waals surface area contributed by atoms with Crippen LogP contribution >= 0.6 is 0 Å². The minimum Gasteiger partial charge on any atom is -0.489 e. The molecule has 15 nitrogen and oxygen atoms in total. The molecule has 17 heteroatoms. The number of ether oxygens (including phenoxy) is 3. The third-order valence-electron chi connectivity index (χ3n) is 10.1. The molecule has 1 aromatic heterocycles. The molecule has 1 unspecified atom stereocenters. The van der Waals surface area contributed by atoms with E-state index in [0.29, 0.717) is 52.4 Å². The van der Waals surface area contributed by atoms with Gasteiger partial charge in [-0.1, -0.05) is 36.4 Å². The molecule has 3 amide bonds. The van der Waals surface area contributed by atoms with Gasteiger partial charge in [0, 0.05) is 35.1 Å². The molecule has 1 fully saturated rings. The Morgan fingerprint density at radius 2 is 1.48 bits per heavy atom. The predicted octanol–water partition coefficient (Wildman–Crippen LogP) is 9.44. The van der Waals surface area contributed by atoms with Crippen LogP contribution in [0.5, 0.6) is 5.75 Å². The molecule has 1 atom stereocenters. The monoisotopic (exact) mass is 925 g/mol. The smallest absolute Gasteiger partial charge is 0.425 e. The number of pyridine rings is 1. The van der Waals surface area contributed by atoms with Crippen LogP contribution in [0, 0.1) is 5.82 Å². The molecule has 0 spiro atoms. The van der Waals surface area contributed by atoms with Crippen molar-refractivity contribution in [3.05, 3.63) is 119 Å². The number of anilines is 3. The van der Waals surface area contributed by atoms with Crippen LogP contribution in [-0.4, -0.2) is 78.0 Å². The lowest BCUT2D eigenvalue weighted by atomic mass is 9.99. The number of nitrogens with one attached hydrogen (secondary N) is 2. The Kier molecular flexibility index (Phi) is 14.7. The topological polar surface area (TPSA) is 194 Å². The Hall–Kier alpha value is -6.59. The maximum Gasteiger partial charge on any atom is 0.425 e. The first-order valence-electron chi connectivity index (χ1n) is 21.4. The van der Waals surface area contributed by atoms with Crippen molar-refractivity contribution < 1.29 is 51.3 Å². The van der Waals surface area contributed by atoms with Crippen molar-refractivity contribution in [2.45, 2.75) is 108 Å². The summed E-state index contributed by atoms with van der Waals surface area (Å²) in [7, 11) is 0.185. The predicted molar refractivity (Wildman–Crippen MR) is 249 cm³/mol. The van der Waals surface area contributed by atoms with Gasteiger partial charge in [-0.2, -0.15) is 4.90 Å². The Balaban J connectivity index is 1.28. The van der Waals surface area contributed by atoms with Crippen LogP contribution < -0.4 is 20.3 Å². The number of halogens is 1. The normalized spacial score (nSPS) is 13.5. The molecule has 5 aromatic rings. The summed E-state index contributed by atoms with van der Waals surface area (Å²) in [5.41, 5.74) is 0.894. The fraction of sp³-hybridized carbons (Fsp3) is 0.367. The summed E-state index contributed by atoms with van der Waals surface area (Å²) in [6, 6.07) is 21.9. The summed E-state index contributed by atoms with van der Waals surface area (Å²) in [6.07, 6.45) is -0.00191. The first-order valence-corrected chi connectivity index (χ1v) is 23.0. The number of aromatic nitrogens is 1. The van der Waals surface area contributed by atoms with Gasteiger partial charge in [0.2, 0.25) is 5.91 Å². The lowest BCUT2D eigenvalue weighted by Gasteiger charge is -2.28. The molecule has 3 N–H and O–H groups in total. The van der Waals surface area contributed by atoms with E-state index >= 15 is 4.39 Å². The number of aryl methyl sites for hydroxylation is 1. The van der Waals surface area contributed by atoms with Crippen molar-refractivity contribution in [3.8, 4) is 5.75 Å². The largest absolute Gasteiger partial charge is 0.489 e. The number of hydrogen-bond acceptors (Lipinski definition) is 12. The second-order valence-corrected chi connectivity index (χ2v) is 20.6. The molecule has 0 saturated heterocycles. The molecular weight excluding hydrogens is 870 g/mol. The molecule has 66 heavy (non-hydrogen) atoms. The highest BCUT2D eigenvalue weighted by Gasteiger charge is 2.38. The van der Waals surface area contributed by atoms with Crippen LogP contribution in [0.2, 0.25) is 0 Å². The molecule has 0 aliphatic heterocycles. The first kappa shape index (κ1) is 48.9. The van der Waals surface area contributed by atoms with E-state index in [-0.39, 0.29) is 57.8 Å². The average Bonchev–Trinajstić information content (AvgIpc) is 4.08. The number of carbonyl (C=O) groups excluding carboxylic acids is 3. The van der Waals surface area contributed by atoms with Gasteiger partial charge in [0.05, 0.1) is 16.3 Å². The number of hydrogen-bond donors (Lipinski definition) is 3. The van der Waals surface area contributed by atoms with Crippen LogP contribution in [0.1, 0.15) is 89.1 Å². The number of carboxylic acids is 1. The third kappa shape index (κ3) is 12.6. The molecule has 0 radical (unpaired) electrons. The van der Waals surface area contributed by atoms with Crippen molar-refractivity contribution >= 4 is 61.9 Å². The van der Waals surface area contributed by atoms with Crippen molar-refractivity contribution in [1.29, 1.82) is 0 Å². The maximum atomic E-state index is 15.6. The third-order valence-corrected chi connectivity index (χ3v) is 12.5. The van der Waals surface area contributed by atoms with E-state index in [2.05, 4.69) is 15.6 Å². The van der Waals surface area contributed by atoms with Gasteiger partial charge in [-0.15, -0.1) is 0 Å². The van der Waals surface area contributed by atoms with E-state index in [9.17, 15) is 32.7 Å². The standard InChI is InChI=1S/C49H56FN5O10S/c1-48(2,3)64-46(59)55(47(60)65-49(4,5)6)44-37-20-16-35(26-38(37)39(50)27-51-44)53-43(45(57)58)32-14-21-40(63-29-30-12-10-9-11-13-30)31(24-32)15-23-42(56)52-34-17-22-41(33(25-34)28-54(7)8)66(61,62)36-18-19-36/h9-14,16-17,20-22,24-27,36,43,53H,15,18-19,23,28-29H2,1-8H3,(H,52,56)(H,57,58). The number of amides is 3. The molecule has 1 heterocycles. The average molecular weight is 926 g/mol. The minimum atomic E-state index is -3.49. The van der Waals surface area contributed by atoms with E-state index in [1.54, 1.807) is 77.9 Å². The SMILES string of the molecule is CN(C)Cc1cc(NC(=O)CCc2cc(C(Nc3ccc4c(N(C(=O)OC(C)(C)C)C(=O)OC(C)(C)C)ncc(F)c4c3)C(=O)O)ccc2OCc2ccccc2)ccc1S(=O)(=O)C1CC1. The van der Waals surface area contributed by atoms with Gasteiger partial charge in [0.25, 0.3) is 0 Å². The van der Waals surface area contributed by atoms with Crippen molar-refractivity contribution in [2.75, 3.05) is 29.6 Å². The fourth-order valence-corrected chi connectivity index (χ4v) is 8.92. The molecule has 0 bridgehead atoms. The van der Waals surface area contributed by atoms with E-state index < -0.39 is 51.1 Å². The molecule has 1 aliphatic rings. The number of aliphatic carboxylic acids is 1. The quantitative estimate of drug-likeness (QED) is 0.0848. The van der Waals surface area contributed by atoms with E-state index in [1.807, 2.05) is 49.3 Å². The van der Waals surface area contributed by atoms with Crippen molar-refractivity contribution in [2.24, 2.45) is 0 Å². The lowest BCUT2D eigenvalue weighted by Crippen LogP contribution is -2.44. The van der Waals surface area contributed by atoms with Gasteiger partial charge in [-0.05, 0) is 146 Å². The molecule has 350 valence electrons. The first-order chi connectivity index (χ1) is 31.0. The van der Waals surface area contributed by atoms with Gasteiger partial charge in [0.1, 0.15) is 29.4 Å². The Labute approximate surface area is 384 Å². The summed E-state index contributed by atoms with van der Waals surface area (Å²) in [5.74, 6) is -2.28. The van der Waals surface area contributed by atoms with Gasteiger partial charge in [-0.25, -0.2) is 32.2 Å². The maximum absolute atomic E-state index is 15.6. The summed E-state index contributed by atoms with van der Waals surface area (Å²) in [6.45, 7) is 10.3. The summed E-state index contributed by atoms with van der Waals surface area (Å²) in [4.78, 5) is 60.1. The van der Waals surface area contributed by atoms with Crippen LogP contribution in [0.25, 0.3) is 10.8 Å². The Morgan fingerprint density at radius 1 is 0.833 bits per heavy atom.